The maximum atomic E-state index is 12.3. The van der Waals surface area contributed by atoms with Crippen LogP contribution in [0.2, 0.25) is 0 Å². The summed E-state index contributed by atoms with van der Waals surface area (Å²) in [6.45, 7) is 6.46. The van der Waals surface area contributed by atoms with Gasteiger partial charge in [-0.05, 0) is 49.6 Å². The van der Waals surface area contributed by atoms with E-state index in [0.29, 0.717) is 18.1 Å². The maximum absolute atomic E-state index is 12.3. The van der Waals surface area contributed by atoms with Gasteiger partial charge in [0.05, 0.1) is 5.69 Å². The van der Waals surface area contributed by atoms with Crippen molar-refractivity contribution in [3.63, 3.8) is 0 Å². The number of H-pyrrole nitrogens is 1. The molecule has 0 bridgehead atoms. The Bertz CT molecular complexity index is 1010. The number of fused-ring (bicyclic) bond motifs is 1. The van der Waals surface area contributed by atoms with E-state index in [9.17, 15) is 4.79 Å². The topological polar surface area (TPSA) is 127 Å². The summed E-state index contributed by atoms with van der Waals surface area (Å²) in [5.74, 6) is 0.482. The van der Waals surface area contributed by atoms with Gasteiger partial charge >= 0.3 is 5.69 Å². The van der Waals surface area contributed by atoms with Crippen molar-refractivity contribution in [2.45, 2.75) is 26.2 Å². The fourth-order valence-electron chi connectivity index (χ4n) is 3.13. The highest BCUT2D eigenvalue weighted by molar-refractivity contribution is 5.76. The third-order valence-corrected chi connectivity index (χ3v) is 4.64. The third kappa shape index (κ3) is 4.77. The van der Waals surface area contributed by atoms with Gasteiger partial charge in [-0.3, -0.25) is 9.56 Å². The van der Waals surface area contributed by atoms with E-state index in [-0.39, 0.29) is 11.6 Å². The van der Waals surface area contributed by atoms with Gasteiger partial charge in [-0.2, -0.15) is 4.98 Å². The quantitative estimate of drug-likeness (QED) is 0.266. The molecule has 148 valence electrons. The molecule has 0 spiro atoms. The Balaban J connectivity index is 1.62. The summed E-state index contributed by atoms with van der Waals surface area (Å²) in [4.78, 5) is 23.5. The van der Waals surface area contributed by atoms with Crippen molar-refractivity contribution in [3.8, 4) is 5.69 Å². The molecule has 0 aliphatic heterocycles. The number of nitrogens with zero attached hydrogens (tertiary/aromatic N) is 3. The molecule has 1 atom stereocenters. The minimum Gasteiger partial charge on any atom is -0.370 e. The number of hydrogen-bond donors (Lipinski definition) is 4. The summed E-state index contributed by atoms with van der Waals surface area (Å²) in [5.41, 5.74) is 13.9. The van der Waals surface area contributed by atoms with E-state index in [0.717, 1.165) is 36.3 Å². The zero-order valence-corrected chi connectivity index (χ0v) is 16.3. The van der Waals surface area contributed by atoms with Gasteiger partial charge in [-0.25, -0.2) is 4.79 Å². The zero-order chi connectivity index (χ0) is 20.1. The minimum atomic E-state index is -0.294. The van der Waals surface area contributed by atoms with Crippen molar-refractivity contribution in [2.24, 2.45) is 16.5 Å². The summed E-state index contributed by atoms with van der Waals surface area (Å²) in [7, 11) is 0. The Labute approximate surface area is 163 Å². The van der Waals surface area contributed by atoms with Crippen LogP contribution in [0.1, 0.15) is 30.5 Å². The first-order valence-electron chi connectivity index (χ1n) is 9.39. The van der Waals surface area contributed by atoms with E-state index in [2.05, 4.69) is 39.3 Å². The zero-order valence-electron chi connectivity index (χ0n) is 16.3. The molecule has 0 saturated heterocycles. The number of guanidine groups is 1. The maximum Gasteiger partial charge on any atom is 0.354 e. The lowest BCUT2D eigenvalue weighted by molar-refractivity contribution is 0.599. The highest BCUT2D eigenvalue weighted by Gasteiger charge is 2.08. The number of nitrogens with one attached hydrogen (secondary N) is 2. The molecule has 28 heavy (non-hydrogen) atoms. The van der Waals surface area contributed by atoms with E-state index in [4.69, 9.17) is 11.5 Å². The van der Waals surface area contributed by atoms with Crippen molar-refractivity contribution in [2.75, 3.05) is 19.6 Å². The van der Waals surface area contributed by atoms with Gasteiger partial charge in [0.2, 0.25) is 0 Å². The average molecular weight is 381 g/mol. The van der Waals surface area contributed by atoms with Crippen LogP contribution in [0.4, 0.5) is 0 Å². The van der Waals surface area contributed by atoms with Gasteiger partial charge < -0.3 is 21.8 Å². The molecule has 0 aliphatic carbocycles. The van der Waals surface area contributed by atoms with E-state index in [1.54, 1.807) is 4.57 Å². The number of benzene rings is 1. The van der Waals surface area contributed by atoms with Crippen LogP contribution in [0.25, 0.3) is 16.7 Å². The predicted octanol–water partition coefficient (Wildman–Crippen LogP) is 1.38. The molecule has 0 radical (unpaired) electrons. The molecule has 1 aromatic carbocycles. The van der Waals surface area contributed by atoms with E-state index in [1.807, 2.05) is 31.3 Å². The second kappa shape index (κ2) is 8.71. The van der Waals surface area contributed by atoms with Crippen molar-refractivity contribution in [1.29, 1.82) is 0 Å². The van der Waals surface area contributed by atoms with Gasteiger partial charge in [0.1, 0.15) is 5.65 Å². The molecule has 0 amide bonds. The van der Waals surface area contributed by atoms with Gasteiger partial charge in [-0.15, -0.1) is 0 Å². The van der Waals surface area contributed by atoms with Crippen LogP contribution in [-0.4, -0.2) is 40.1 Å². The normalized spacial score (nSPS) is 12.2. The van der Waals surface area contributed by atoms with E-state index >= 15 is 0 Å². The molecule has 2 heterocycles. The van der Waals surface area contributed by atoms with Gasteiger partial charge in [-0.1, -0.05) is 19.1 Å². The van der Waals surface area contributed by atoms with Crippen molar-refractivity contribution < 1.29 is 0 Å². The summed E-state index contributed by atoms with van der Waals surface area (Å²) in [6.07, 6.45) is 2.71. The molecule has 0 unspecified atom stereocenters. The summed E-state index contributed by atoms with van der Waals surface area (Å²) in [6, 6.07) is 10.0. The SMILES string of the molecule is Cc1cc2cn(-c3ccc([C@H](C)CNCCCN=C(N)N)cc3)c(=O)nc2[nH]1. The fourth-order valence-corrected chi connectivity index (χ4v) is 3.13. The molecular formula is C20H27N7O. The van der Waals surface area contributed by atoms with Crippen LogP contribution < -0.4 is 22.5 Å². The predicted molar refractivity (Wildman–Crippen MR) is 113 cm³/mol. The van der Waals surface area contributed by atoms with Crippen LogP contribution in [0.5, 0.6) is 0 Å². The van der Waals surface area contributed by atoms with Crippen molar-refractivity contribution >= 4 is 17.0 Å². The minimum absolute atomic E-state index is 0.133. The number of rotatable bonds is 8. The highest BCUT2D eigenvalue weighted by atomic mass is 16.1. The lowest BCUT2D eigenvalue weighted by atomic mass is 10.0. The number of aromatic nitrogens is 3. The smallest absolute Gasteiger partial charge is 0.354 e. The summed E-state index contributed by atoms with van der Waals surface area (Å²) in [5, 5.41) is 4.33. The van der Waals surface area contributed by atoms with E-state index in [1.165, 1.54) is 5.56 Å². The Kier molecular flexibility index (Phi) is 6.10. The Hall–Kier alpha value is -3.13. The molecule has 0 saturated carbocycles. The van der Waals surface area contributed by atoms with E-state index < -0.39 is 0 Å². The first kappa shape index (κ1) is 19.6. The molecule has 2 aromatic heterocycles. The molecule has 3 rings (SSSR count). The molecular weight excluding hydrogens is 354 g/mol. The van der Waals surface area contributed by atoms with Crippen molar-refractivity contribution in [3.05, 3.63) is 58.3 Å². The fraction of sp³-hybridized carbons (Fsp3) is 0.350. The van der Waals surface area contributed by atoms with Gasteiger partial charge in [0.25, 0.3) is 0 Å². The Morgan fingerprint density at radius 3 is 2.79 bits per heavy atom. The Morgan fingerprint density at radius 2 is 2.07 bits per heavy atom. The first-order chi connectivity index (χ1) is 13.4. The molecule has 8 nitrogen and oxygen atoms in total. The average Bonchev–Trinajstić information content (AvgIpc) is 3.02. The van der Waals surface area contributed by atoms with Crippen LogP contribution in [0, 0.1) is 6.92 Å². The Morgan fingerprint density at radius 1 is 1.32 bits per heavy atom. The number of aromatic amines is 1. The molecule has 8 heteroatoms. The largest absolute Gasteiger partial charge is 0.370 e. The molecule has 0 fully saturated rings. The number of aryl methyl sites for hydroxylation is 1. The molecule has 0 aliphatic rings. The lowest BCUT2D eigenvalue weighted by Gasteiger charge is -2.14. The van der Waals surface area contributed by atoms with Crippen molar-refractivity contribution in [1.82, 2.24) is 19.9 Å². The number of aliphatic imine (C=N–C) groups is 1. The summed E-state index contributed by atoms with van der Waals surface area (Å²) >= 11 is 0. The van der Waals surface area contributed by atoms with Gasteiger partial charge in [0, 0.05) is 30.4 Å². The summed E-state index contributed by atoms with van der Waals surface area (Å²) < 4.78 is 1.58. The molecule has 6 N–H and O–H groups in total. The van der Waals surface area contributed by atoms with Crippen LogP contribution in [0.3, 0.4) is 0 Å². The number of nitrogens with two attached hydrogens (primary N) is 2. The third-order valence-electron chi connectivity index (χ3n) is 4.64. The standard InChI is InChI=1S/C20H27N7O/c1-13(11-23-8-3-9-24-19(21)22)15-4-6-17(7-5-15)27-12-16-10-14(2)25-18(16)26-20(27)28/h4-7,10,12-13,23H,3,8-9,11H2,1-2H3,(H4,21,22,24)(H,25,26,28)/t13-/m1/s1. The number of hydrogen-bond acceptors (Lipinski definition) is 4. The second-order valence-corrected chi connectivity index (χ2v) is 7.01. The van der Waals surface area contributed by atoms with Gasteiger partial charge in [0.15, 0.2) is 5.96 Å². The highest BCUT2D eigenvalue weighted by Crippen LogP contribution is 2.18. The van der Waals surface area contributed by atoms with Crippen LogP contribution >= 0.6 is 0 Å². The lowest BCUT2D eigenvalue weighted by Crippen LogP contribution is -2.24. The molecule has 3 aromatic rings. The van der Waals surface area contributed by atoms with Crippen LogP contribution in [0.15, 0.2) is 46.3 Å². The monoisotopic (exact) mass is 381 g/mol. The van der Waals surface area contributed by atoms with Crippen LogP contribution in [-0.2, 0) is 0 Å². The first-order valence-corrected chi connectivity index (χ1v) is 9.39. The second-order valence-electron chi connectivity index (χ2n) is 7.01.